The Bertz CT molecular complexity index is 293. The van der Waals surface area contributed by atoms with Crippen LogP contribution in [0.2, 0.25) is 0 Å². The Hall–Kier alpha value is -2.05. The summed E-state index contributed by atoms with van der Waals surface area (Å²) >= 11 is 0. The van der Waals surface area contributed by atoms with Gasteiger partial charge in [-0.05, 0) is 19.1 Å². The molecule has 0 bridgehead atoms. The second kappa shape index (κ2) is 13.0. The highest BCUT2D eigenvalue weighted by Gasteiger charge is 2.10. The second-order valence-electron chi connectivity index (χ2n) is 2.59. The van der Waals surface area contributed by atoms with E-state index in [0.717, 1.165) is 0 Å². The van der Waals surface area contributed by atoms with Crippen molar-refractivity contribution in [3.63, 3.8) is 0 Å². The van der Waals surface area contributed by atoms with Crippen molar-refractivity contribution in [3.05, 3.63) is 30.6 Å². The standard InChI is InChI=1S/C5H5N.C4H8O2.C2H2F2O2/c1-2-4-6-5-3-1;1-3-6-4(2)5;3-1(4)2(5)6/h1-5H;3H2,1-2H3;1H,(H,5,6). The molecule has 7 heteroatoms. The lowest BCUT2D eigenvalue weighted by Crippen LogP contribution is -2.06. The van der Waals surface area contributed by atoms with E-state index in [0.29, 0.717) is 6.61 Å². The molecule has 1 aromatic heterocycles. The molecule has 0 aromatic carbocycles. The van der Waals surface area contributed by atoms with Gasteiger partial charge < -0.3 is 9.84 Å². The summed E-state index contributed by atoms with van der Waals surface area (Å²) in [6.07, 6.45) is 0.269. The van der Waals surface area contributed by atoms with Gasteiger partial charge in [-0.25, -0.2) is 4.79 Å². The molecule has 0 atom stereocenters. The highest BCUT2D eigenvalue weighted by Crippen LogP contribution is 1.87. The van der Waals surface area contributed by atoms with Crippen molar-refractivity contribution in [1.82, 2.24) is 4.98 Å². The number of carboxylic acids is 1. The second-order valence-corrected chi connectivity index (χ2v) is 2.59. The number of hydrogen-bond donors (Lipinski definition) is 1. The minimum Gasteiger partial charge on any atom is -0.477 e. The number of pyridine rings is 1. The summed E-state index contributed by atoms with van der Waals surface area (Å²) in [6, 6.07) is 5.72. The smallest absolute Gasteiger partial charge is 0.371 e. The third-order valence-corrected chi connectivity index (χ3v) is 1.10. The largest absolute Gasteiger partial charge is 0.477 e. The van der Waals surface area contributed by atoms with E-state index in [-0.39, 0.29) is 5.97 Å². The quantitative estimate of drug-likeness (QED) is 0.826. The van der Waals surface area contributed by atoms with E-state index in [1.165, 1.54) is 6.92 Å². The lowest BCUT2D eigenvalue weighted by atomic mass is 10.5. The molecule has 0 radical (unpaired) electrons. The molecule has 1 rings (SSSR count). The van der Waals surface area contributed by atoms with Crippen LogP contribution < -0.4 is 0 Å². The molecule has 0 amide bonds. The van der Waals surface area contributed by atoms with E-state index < -0.39 is 12.4 Å². The SMILES string of the molecule is CCOC(C)=O.O=C(O)C(F)F.c1ccncc1. The average Bonchev–Trinajstić information content (AvgIpc) is 2.32. The number of aliphatic carboxylic acids is 1. The van der Waals surface area contributed by atoms with Gasteiger partial charge in [0.05, 0.1) is 6.61 Å². The zero-order valence-electron chi connectivity index (χ0n) is 10.0. The van der Waals surface area contributed by atoms with E-state index in [2.05, 4.69) is 9.72 Å². The lowest BCUT2D eigenvalue weighted by molar-refractivity contribution is -0.149. The minimum atomic E-state index is -3.23. The predicted molar refractivity (Wildman–Crippen MR) is 60.2 cm³/mol. The van der Waals surface area contributed by atoms with Crippen LogP contribution in [-0.4, -0.2) is 35.1 Å². The molecule has 0 aliphatic carbocycles. The van der Waals surface area contributed by atoms with E-state index >= 15 is 0 Å². The van der Waals surface area contributed by atoms with E-state index in [1.54, 1.807) is 19.3 Å². The maximum Gasteiger partial charge on any atom is 0.371 e. The number of carbonyl (C=O) groups is 2. The number of rotatable bonds is 2. The van der Waals surface area contributed by atoms with Crippen LogP contribution >= 0.6 is 0 Å². The number of carboxylic acid groups (broad SMARTS) is 1. The number of aromatic nitrogens is 1. The first kappa shape index (κ1) is 18.3. The number of alkyl halides is 2. The molecule has 0 unspecified atom stereocenters. The maximum atomic E-state index is 10.6. The topological polar surface area (TPSA) is 76.5 Å². The van der Waals surface area contributed by atoms with Crippen molar-refractivity contribution in [2.24, 2.45) is 0 Å². The molecule has 0 aliphatic rings. The summed E-state index contributed by atoms with van der Waals surface area (Å²) in [6.45, 7) is 3.65. The molecule has 5 nitrogen and oxygen atoms in total. The molecule has 0 aliphatic heterocycles. The normalized spacial score (nSPS) is 8.28. The van der Waals surface area contributed by atoms with Gasteiger partial charge >= 0.3 is 18.4 Å². The number of ether oxygens (including phenoxy) is 1. The number of carbonyl (C=O) groups excluding carboxylic acids is 1. The Morgan fingerprint density at radius 1 is 1.28 bits per heavy atom. The molecule has 0 spiro atoms. The minimum absolute atomic E-state index is 0.211. The first-order valence-corrected chi connectivity index (χ1v) is 4.91. The number of hydrogen-bond acceptors (Lipinski definition) is 4. The summed E-state index contributed by atoms with van der Waals surface area (Å²) in [7, 11) is 0. The Morgan fingerprint density at radius 3 is 1.78 bits per heavy atom. The van der Waals surface area contributed by atoms with Gasteiger partial charge in [-0.3, -0.25) is 9.78 Å². The third-order valence-electron chi connectivity index (χ3n) is 1.10. The number of halogens is 2. The lowest BCUT2D eigenvalue weighted by Gasteiger charge is -1.89. The van der Waals surface area contributed by atoms with Crippen molar-refractivity contribution in [2.45, 2.75) is 20.3 Å². The Balaban J connectivity index is 0. The Morgan fingerprint density at radius 2 is 1.72 bits per heavy atom. The van der Waals surface area contributed by atoms with Crippen molar-refractivity contribution >= 4 is 11.9 Å². The molecule has 0 saturated heterocycles. The van der Waals surface area contributed by atoms with Gasteiger partial charge in [0.1, 0.15) is 0 Å². The molecular weight excluding hydrogens is 248 g/mol. The summed E-state index contributed by atoms with van der Waals surface area (Å²) in [5.41, 5.74) is 0. The molecule has 0 fully saturated rings. The molecule has 18 heavy (non-hydrogen) atoms. The molecule has 1 N–H and O–H groups in total. The Labute approximate surface area is 103 Å². The van der Waals surface area contributed by atoms with Gasteiger partial charge in [0.25, 0.3) is 0 Å². The van der Waals surface area contributed by atoms with Crippen LogP contribution in [0, 0.1) is 0 Å². The van der Waals surface area contributed by atoms with E-state index in [4.69, 9.17) is 9.90 Å². The zero-order chi connectivity index (χ0) is 14.4. The van der Waals surface area contributed by atoms with Crippen molar-refractivity contribution in [2.75, 3.05) is 6.61 Å². The van der Waals surface area contributed by atoms with Crippen LogP contribution in [0.4, 0.5) is 8.78 Å². The summed E-state index contributed by atoms with van der Waals surface area (Å²) < 4.78 is 25.5. The van der Waals surface area contributed by atoms with Crippen LogP contribution in [0.1, 0.15) is 13.8 Å². The highest BCUT2D eigenvalue weighted by atomic mass is 19.3. The molecule has 1 heterocycles. The fourth-order valence-corrected chi connectivity index (χ4v) is 0.516. The molecule has 102 valence electrons. The first-order valence-electron chi connectivity index (χ1n) is 4.91. The highest BCUT2D eigenvalue weighted by molar-refractivity contribution is 5.70. The van der Waals surface area contributed by atoms with Crippen molar-refractivity contribution in [3.8, 4) is 0 Å². The van der Waals surface area contributed by atoms with E-state index in [1.807, 2.05) is 18.2 Å². The van der Waals surface area contributed by atoms with Gasteiger partial charge in [-0.2, -0.15) is 8.78 Å². The van der Waals surface area contributed by atoms with E-state index in [9.17, 15) is 13.6 Å². The van der Waals surface area contributed by atoms with Gasteiger partial charge in [0.15, 0.2) is 0 Å². The fourth-order valence-electron chi connectivity index (χ4n) is 0.516. The predicted octanol–water partition coefficient (Wildman–Crippen LogP) is 1.99. The van der Waals surface area contributed by atoms with Crippen LogP contribution in [-0.2, 0) is 14.3 Å². The average molecular weight is 263 g/mol. The molecule has 1 aromatic rings. The van der Waals surface area contributed by atoms with Gasteiger partial charge in [0.2, 0.25) is 0 Å². The number of esters is 1. The fraction of sp³-hybridized carbons (Fsp3) is 0.364. The summed E-state index contributed by atoms with van der Waals surface area (Å²) in [4.78, 5) is 22.6. The van der Waals surface area contributed by atoms with Crippen LogP contribution in [0.3, 0.4) is 0 Å². The van der Waals surface area contributed by atoms with Crippen LogP contribution in [0.25, 0.3) is 0 Å². The van der Waals surface area contributed by atoms with Crippen LogP contribution in [0.15, 0.2) is 30.6 Å². The van der Waals surface area contributed by atoms with Gasteiger partial charge in [-0.1, -0.05) is 6.07 Å². The third kappa shape index (κ3) is 19.5. The van der Waals surface area contributed by atoms with Crippen molar-refractivity contribution < 1.29 is 28.2 Å². The zero-order valence-corrected chi connectivity index (χ0v) is 10.0. The first-order chi connectivity index (χ1) is 8.41. The van der Waals surface area contributed by atoms with Gasteiger partial charge in [-0.15, -0.1) is 0 Å². The summed E-state index contributed by atoms with van der Waals surface area (Å²) in [5.74, 6) is -2.28. The Kier molecular flexibility index (Phi) is 13.2. The van der Waals surface area contributed by atoms with Crippen molar-refractivity contribution in [1.29, 1.82) is 0 Å². The monoisotopic (exact) mass is 263 g/mol. The van der Waals surface area contributed by atoms with Gasteiger partial charge in [0, 0.05) is 19.3 Å². The summed E-state index contributed by atoms with van der Waals surface area (Å²) in [5, 5.41) is 7.24. The molecule has 0 saturated carbocycles. The maximum absolute atomic E-state index is 10.6. The van der Waals surface area contributed by atoms with Crippen LogP contribution in [0.5, 0.6) is 0 Å². The number of nitrogens with zero attached hydrogens (tertiary/aromatic N) is 1. The molecular formula is C11H15F2NO4.